The van der Waals surface area contributed by atoms with Crippen LogP contribution in [0, 0.1) is 0 Å². The number of anilines is 1. The average molecular weight is 618 g/mol. The molecule has 1 aromatic heterocycles. The molecule has 0 saturated heterocycles. The Morgan fingerprint density at radius 3 is 2.09 bits per heavy atom. The zero-order chi connectivity index (χ0) is 33.7. The molecule has 3 aromatic rings. The lowest BCUT2D eigenvalue weighted by atomic mass is 9.79. The van der Waals surface area contributed by atoms with Gasteiger partial charge in [-0.05, 0) is 53.4 Å². The zero-order valence-electron chi connectivity index (χ0n) is 28.9. The van der Waals surface area contributed by atoms with Gasteiger partial charge in [-0.1, -0.05) is 98.7 Å². The van der Waals surface area contributed by atoms with Crippen molar-refractivity contribution in [3.63, 3.8) is 0 Å². The van der Waals surface area contributed by atoms with E-state index in [4.69, 9.17) is 11.5 Å². The highest BCUT2D eigenvalue weighted by atomic mass is 16.2. The fourth-order valence-electron chi connectivity index (χ4n) is 5.29. The lowest BCUT2D eigenvalue weighted by Crippen LogP contribution is -2.50. The molecule has 45 heavy (non-hydrogen) atoms. The van der Waals surface area contributed by atoms with Crippen LogP contribution in [0.2, 0.25) is 0 Å². The fourth-order valence-corrected chi connectivity index (χ4v) is 5.29. The molecule has 0 saturated carbocycles. The predicted octanol–water partition coefficient (Wildman–Crippen LogP) is 5.72. The van der Waals surface area contributed by atoms with Crippen molar-refractivity contribution in [3.05, 3.63) is 64.8 Å². The normalized spacial score (nSPS) is 13.6. The molecule has 0 aliphatic carbocycles. The monoisotopic (exact) mass is 617 g/mol. The minimum Gasteiger partial charge on any atom is -0.372 e. The van der Waals surface area contributed by atoms with E-state index in [-0.39, 0.29) is 34.0 Å². The molecule has 0 aliphatic rings. The number of benzene rings is 2. The first-order chi connectivity index (χ1) is 20.8. The van der Waals surface area contributed by atoms with Crippen molar-refractivity contribution >= 4 is 34.4 Å². The number of carbonyl (C=O) groups is 2. The first-order valence-electron chi connectivity index (χ1n) is 15.9. The summed E-state index contributed by atoms with van der Waals surface area (Å²) in [6.07, 6.45) is 0.922. The average Bonchev–Trinajstić information content (AvgIpc) is 3.30. The molecule has 0 unspecified atom stereocenters. The summed E-state index contributed by atoms with van der Waals surface area (Å²) in [5, 5.41) is 10.6. The van der Waals surface area contributed by atoms with Crippen LogP contribution in [-0.4, -0.2) is 41.4 Å². The summed E-state index contributed by atoms with van der Waals surface area (Å²) in [5.74, 6) is -0.523. The first-order valence-corrected chi connectivity index (χ1v) is 15.9. The van der Waals surface area contributed by atoms with Gasteiger partial charge >= 0.3 is 0 Å². The van der Waals surface area contributed by atoms with Crippen LogP contribution in [0.25, 0.3) is 10.9 Å². The third-order valence-corrected chi connectivity index (χ3v) is 7.97. The molecular formula is C36H55N7O2. The van der Waals surface area contributed by atoms with Gasteiger partial charge in [0, 0.05) is 29.6 Å². The Labute approximate surface area is 269 Å². The van der Waals surface area contributed by atoms with Crippen LogP contribution in [0.4, 0.5) is 5.69 Å². The van der Waals surface area contributed by atoms with E-state index >= 15 is 0 Å². The van der Waals surface area contributed by atoms with Crippen molar-refractivity contribution in [2.24, 2.45) is 16.5 Å². The molecule has 246 valence electrons. The molecule has 3 rings (SSSR count). The summed E-state index contributed by atoms with van der Waals surface area (Å²) in [5.41, 5.74) is 17.0. The highest BCUT2D eigenvalue weighted by Crippen LogP contribution is 2.42. The fraction of sp³-hybridized carbons (Fsp3) is 0.528. The summed E-state index contributed by atoms with van der Waals surface area (Å²) in [7, 11) is 0. The van der Waals surface area contributed by atoms with E-state index in [1.807, 2.05) is 37.3 Å². The molecule has 2 atom stereocenters. The van der Waals surface area contributed by atoms with E-state index in [0.29, 0.717) is 25.9 Å². The molecule has 0 bridgehead atoms. The number of rotatable bonds is 11. The molecule has 9 nitrogen and oxygen atoms in total. The molecule has 2 aromatic carbocycles. The topological polar surface area (TPSA) is 150 Å². The number of H-pyrrole nitrogens is 1. The van der Waals surface area contributed by atoms with Gasteiger partial charge in [0.1, 0.15) is 12.1 Å². The number of guanidine groups is 1. The van der Waals surface area contributed by atoms with Crippen molar-refractivity contribution in [1.82, 2.24) is 15.6 Å². The Hall–Kier alpha value is -4.01. The van der Waals surface area contributed by atoms with Crippen LogP contribution in [0.15, 0.2) is 47.5 Å². The van der Waals surface area contributed by atoms with Crippen LogP contribution in [0.5, 0.6) is 0 Å². The lowest BCUT2D eigenvalue weighted by molar-refractivity contribution is -0.129. The predicted molar refractivity (Wildman–Crippen MR) is 188 cm³/mol. The Morgan fingerprint density at radius 2 is 1.53 bits per heavy atom. The molecule has 9 heteroatoms. The number of hydrogen-bond donors (Lipinski definition) is 6. The molecular weight excluding hydrogens is 562 g/mol. The SMILES string of the molecule is C[C@H](Nc1c(C(C)(C)C)[nH]c2c(C(C)(C)C)cc(C(C)(C)C)cc12)C(=O)N[C@@H](CCCN=C(N)N)C(=O)NCc1ccccc1. The highest BCUT2D eigenvalue weighted by Gasteiger charge is 2.31. The minimum absolute atomic E-state index is 0.000412. The van der Waals surface area contributed by atoms with Crippen LogP contribution in [-0.2, 0) is 32.4 Å². The number of amides is 2. The third kappa shape index (κ3) is 9.49. The van der Waals surface area contributed by atoms with Gasteiger partial charge in [0.05, 0.1) is 11.2 Å². The number of nitrogens with two attached hydrogens (primary N) is 2. The highest BCUT2D eigenvalue weighted by molar-refractivity contribution is 6.00. The van der Waals surface area contributed by atoms with Gasteiger partial charge in [-0.2, -0.15) is 0 Å². The van der Waals surface area contributed by atoms with Gasteiger partial charge in [-0.25, -0.2) is 0 Å². The maximum Gasteiger partial charge on any atom is 0.242 e. The maximum atomic E-state index is 13.7. The Balaban J connectivity index is 1.94. The molecule has 8 N–H and O–H groups in total. The van der Waals surface area contributed by atoms with Gasteiger partial charge in [0.2, 0.25) is 11.8 Å². The molecule has 0 fully saturated rings. The quantitative estimate of drug-likeness (QED) is 0.0925. The molecule has 1 heterocycles. The van der Waals surface area contributed by atoms with Crippen molar-refractivity contribution in [2.45, 2.75) is 117 Å². The van der Waals surface area contributed by atoms with E-state index in [2.05, 4.69) is 100 Å². The largest absolute Gasteiger partial charge is 0.372 e. The second-order valence-electron chi connectivity index (χ2n) is 15.2. The molecule has 2 amide bonds. The summed E-state index contributed by atoms with van der Waals surface area (Å²) >= 11 is 0. The summed E-state index contributed by atoms with van der Waals surface area (Å²) < 4.78 is 0. The van der Waals surface area contributed by atoms with Crippen LogP contribution >= 0.6 is 0 Å². The van der Waals surface area contributed by atoms with Gasteiger partial charge in [-0.15, -0.1) is 0 Å². The second kappa shape index (κ2) is 14.0. The van der Waals surface area contributed by atoms with Crippen molar-refractivity contribution in [2.75, 3.05) is 11.9 Å². The Kier molecular flexibility index (Phi) is 11.0. The summed E-state index contributed by atoms with van der Waals surface area (Å²) in [6, 6.07) is 12.9. The minimum atomic E-state index is -0.746. The van der Waals surface area contributed by atoms with Gasteiger partial charge in [-0.3, -0.25) is 14.6 Å². The number of carbonyl (C=O) groups excluding carboxylic acids is 2. The first kappa shape index (κ1) is 35.5. The van der Waals surface area contributed by atoms with Crippen molar-refractivity contribution in [1.29, 1.82) is 0 Å². The Bertz CT molecular complexity index is 1500. The lowest BCUT2D eigenvalue weighted by Gasteiger charge is -2.26. The number of hydrogen-bond acceptors (Lipinski definition) is 4. The smallest absolute Gasteiger partial charge is 0.242 e. The number of nitrogens with one attached hydrogen (secondary N) is 4. The molecule has 0 radical (unpaired) electrons. The number of fused-ring (bicyclic) bond motifs is 1. The standard InChI is InChI=1S/C36H55N7O2/c1-22(31(44)42-27(17-14-18-39-33(37)38)32(45)40-21-23-15-12-11-13-16-23)41-29-25-19-24(34(2,3)4)20-26(35(5,6)7)28(25)43-30(29)36(8,9)10/h11-13,15-16,19-20,22,27,41,43H,14,17-18,21H2,1-10H3,(H,40,45)(H,42,44)(H4,37,38,39)/t22-,27-/m0/s1. The second-order valence-corrected chi connectivity index (χ2v) is 15.2. The number of aliphatic imine (C=N–C) groups is 1. The number of aromatic amines is 1. The number of nitrogens with zero attached hydrogens (tertiary/aromatic N) is 1. The summed E-state index contributed by atoms with van der Waals surface area (Å²) in [6.45, 7) is 22.4. The van der Waals surface area contributed by atoms with Crippen LogP contribution in [0.3, 0.4) is 0 Å². The van der Waals surface area contributed by atoms with E-state index in [1.54, 1.807) is 0 Å². The van der Waals surface area contributed by atoms with E-state index < -0.39 is 12.1 Å². The number of aromatic nitrogens is 1. The zero-order valence-corrected chi connectivity index (χ0v) is 28.9. The maximum absolute atomic E-state index is 13.7. The van der Waals surface area contributed by atoms with Gasteiger partial charge < -0.3 is 32.4 Å². The van der Waals surface area contributed by atoms with E-state index in [9.17, 15) is 9.59 Å². The van der Waals surface area contributed by atoms with Crippen molar-refractivity contribution < 1.29 is 9.59 Å². The molecule has 0 spiro atoms. The van der Waals surface area contributed by atoms with Gasteiger partial charge in [0.15, 0.2) is 5.96 Å². The van der Waals surface area contributed by atoms with Gasteiger partial charge in [0.25, 0.3) is 0 Å². The van der Waals surface area contributed by atoms with E-state index in [0.717, 1.165) is 27.8 Å². The molecule has 0 aliphatic heterocycles. The third-order valence-electron chi connectivity index (χ3n) is 7.97. The van der Waals surface area contributed by atoms with Crippen LogP contribution in [0.1, 0.15) is 104 Å². The van der Waals surface area contributed by atoms with Crippen molar-refractivity contribution in [3.8, 4) is 0 Å². The Morgan fingerprint density at radius 1 is 0.889 bits per heavy atom. The summed E-state index contributed by atoms with van der Waals surface area (Å²) in [4.78, 5) is 34.8. The van der Waals surface area contributed by atoms with Crippen LogP contribution < -0.4 is 27.4 Å². The van der Waals surface area contributed by atoms with E-state index in [1.165, 1.54) is 11.1 Å².